The third-order valence-electron chi connectivity index (χ3n) is 3.54. The van der Waals surface area contributed by atoms with Gasteiger partial charge in [-0.05, 0) is 17.5 Å². The quantitative estimate of drug-likeness (QED) is 0.734. The lowest BCUT2D eigenvalue weighted by Crippen LogP contribution is -2.50. The van der Waals surface area contributed by atoms with Gasteiger partial charge < -0.3 is 15.2 Å². The number of carboxylic acids is 1. The maximum atomic E-state index is 11.7. The van der Waals surface area contributed by atoms with Crippen LogP contribution in [0.3, 0.4) is 0 Å². The molecule has 0 aromatic heterocycles. The van der Waals surface area contributed by atoms with Crippen LogP contribution in [0.5, 0.6) is 0 Å². The number of aldehydes is 1. The molecule has 4 nitrogen and oxygen atoms in total. The van der Waals surface area contributed by atoms with Gasteiger partial charge in [0.15, 0.2) is 0 Å². The smallest absolute Gasteiger partial charge is 0.305 e. The highest BCUT2D eigenvalue weighted by atomic mass is 16.4. The molecule has 0 unspecified atom stereocenters. The Morgan fingerprint density at radius 1 is 1.00 bits per heavy atom. The van der Waals surface area contributed by atoms with Crippen molar-refractivity contribution in [3.63, 3.8) is 0 Å². The highest BCUT2D eigenvalue weighted by Gasteiger charge is 2.32. The van der Waals surface area contributed by atoms with Crippen molar-refractivity contribution in [3.05, 3.63) is 71.8 Å². The van der Waals surface area contributed by atoms with Crippen LogP contribution in [0.15, 0.2) is 60.7 Å². The van der Waals surface area contributed by atoms with Crippen molar-refractivity contribution in [2.75, 3.05) is 0 Å². The third kappa shape index (κ3) is 4.53. The lowest BCUT2D eigenvalue weighted by molar-refractivity contribution is -0.140. The second kappa shape index (κ2) is 7.52. The van der Waals surface area contributed by atoms with Crippen molar-refractivity contribution in [2.24, 2.45) is 0 Å². The number of carbonyl (C=O) groups excluding carboxylic acids is 1. The summed E-state index contributed by atoms with van der Waals surface area (Å²) in [6.07, 6.45) is 0.811. The van der Waals surface area contributed by atoms with Gasteiger partial charge in [0.05, 0.1) is 12.0 Å². The van der Waals surface area contributed by atoms with Crippen LogP contribution in [0.25, 0.3) is 0 Å². The highest BCUT2D eigenvalue weighted by Crippen LogP contribution is 2.17. The SMILES string of the molecule is O=C[C@@](CC(=O)O)(Cc1ccccc1)NCc1ccccc1. The van der Waals surface area contributed by atoms with E-state index < -0.39 is 11.5 Å². The van der Waals surface area contributed by atoms with Gasteiger partial charge in [0.1, 0.15) is 6.29 Å². The van der Waals surface area contributed by atoms with E-state index in [0.29, 0.717) is 13.0 Å². The molecule has 0 saturated carbocycles. The van der Waals surface area contributed by atoms with E-state index in [4.69, 9.17) is 5.11 Å². The van der Waals surface area contributed by atoms with Crippen LogP contribution < -0.4 is 5.32 Å². The second-order valence-corrected chi connectivity index (χ2v) is 5.35. The fraction of sp³-hybridized carbons (Fsp3) is 0.222. The Morgan fingerprint density at radius 2 is 1.55 bits per heavy atom. The average Bonchev–Trinajstić information content (AvgIpc) is 2.54. The van der Waals surface area contributed by atoms with Crippen LogP contribution in [0.1, 0.15) is 17.5 Å². The molecule has 22 heavy (non-hydrogen) atoms. The van der Waals surface area contributed by atoms with Crippen molar-refractivity contribution >= 4 is 12.3 Å². The molecular weight excluding hydrogens is 278 g/mol. The van der Waals surface area contributed by atoms with E-state index >= 15 is 0 Å². The molecule has 2 aromatic carbocycles. The summed E-state index contributed by atoms with van der Waals surface area (Å²) in [5, 5.41) is 12.3. The predicted octanol–water partition coefficient (Wildman–Crippen LogP) is 2.43. The summed E-state index contributed by atoms with van der Waals surface area (Å²) in [6.45, 7) is 0.444. The molecule has 114 valence electrons. The Hall–Kier alpha value is -2.46. The first-order chi connectivity index (χ1) is 10.6. The Labute approximate surface area is 129 Å². The standard InChI is InChI=1S/C18H19NO3/c20-14-18(12-17(21)22,11-15-7-3-1-4-8-15)19-13-16-9-5-2-6-10-16/h1-10,14,19H,11-13H2,(H,21,22)/t18-/m0/s1. The first-order valence-corrected chi connectivity index (χ1v) is 7.14. The van der Waals surface area contributed by atoms with Crippen molar-refractivity contribution < 1.29 is 14.7 Å². The zero-order valence-electron chi connectivity index (χ0n) is 12.2. The maximum Gasteiger partial charge on any atom is 0.305 e. The van der Waals surface area contributed by atoms with Crippen LogP contribution in [0, 0.1) is 0 Å². The first-order valence-electron chi connectivity index (χ1n) is 7.14. The van der Waals surface area contributed by atoms with E-state index in [2.05, 4.69) is 5.32 Å². The van der Waals surface area contributed by atoms with Gasteiger partial charge in [-0.1, -0.05) is 60.7 Å². The molecule has 0 amide bonds. The van der Waals surface area contributed by atoms with Crippen molar-refractivity contribution in [2.45, 2.75) is 24.9 Å². The van der Waals surface area contributed by atoms with Crippen LogP contribution >= 0.6 is 0 Å². The van der Waals surface area contributed by atoms with Crippen molar-refractivity contribution in [1.29, 1.82) is 0 Å². The minimum absolute atomic E-state index is 0.252. The number of benzene rings is 2. The molecule has 0 radical (unpaired) electrons. The lowest BCUT2D eigenvalue weighted by atomic mass is 9.88. The number of hydrogen-bond acceptors (Lipinski definition) is 3. The number of carbonyl (C=O) groups is 2. The summed E-state index contributed by atoms with van der Waals surface area (Å²) >= 11 is 0. The van der Waals surface area contributed by atoms with Gasteiger partial charge in [0.2, 0.25) is 0 Å². The minimum atomic E-state index is -1.11. The molecule has 2 aromatic rings. The zero-order chi connectivity index (χ0) is 15.8. The number of rotatable bonds is 8. The molecule has 1 atom stereocenters. The molecule has 0 aliphatic carbocycles. The maximum absolute atomic E-state index is 11.7. The second-order valence-electron chi connectivity index (χ2n) is 5.35. The van der Waals surface area contributed by atoms with Gasteiger partial charge in [-0.3, -0.25) is 4.79 Å². The number of hydrogen-bond donors (Lipinski definition) is 2. The lowest BCUT2D eigenvalue weighted by Gasteiger charge is -2.28. The molecule has 4 heteroatoms. The van der Waals surface area contributed by atoms with E-state index in [9.17, 15) is 9.59 Å². The van der Waals surface area contributed by atoms with E-state index in [-0.39, 0.29) is 6.42 Å². The number of aliphatic carboxylic acids is 1. The summed E-state index contributed by atoms with van der Waals surface area (Å²) in [4.78, 5) is 22.8. The highest BCUT2D eigenvalue weighted by molar-refractivity contribution is 5.77. The van der Waals surface area contributed by atoms with Crippen LogP contribution in [0.2, 0.25) is 0 Å². The van der Waals surface area contributed by atoms with Gasteiger partial charge in [0.25, 0.3) is 0 Å². The van der Waals surface area contributed by atoms with Crippen molar-refractivity contribution in [3.8, 4) is 0 Å². The van der Waals surface area contributed by atoms with Gasteiger partial charge in [-0.2, -0.15) is 0 Å². The Bertz CT molecular complexity index is 613. The minimum Gasteiger partial charge on any atom is -0.481 e. The van der Waals surface area contributed by atoms with E-state index in [0.717, 1.165) is 17.4 Å². The van der Waals surface area contributed by atoms with Gasteiger partial charge >= 0.3 is 5.97 Å². The topological polar surface area (TPSA) is 66.4 Å². The Kier molecular flexibility index (Phi) is 5.44. The largest absolute Gasteiger partial charge is 0.481 e. The summed E-state index contributed by atoms with van der Waals surface area (Å²) in [7, 11) is 0. The first kappa shape index (κ1) is 15.9. The summed E-state index contributed by atoms with van der Waals surface area (Å²) in [5.74, 6) is -0.997. The average molecular weight is 297 g/mol. The van der Waals surface area contributed by atoms with Gasteiger partial charge in [-0.15, -0.1) is 0 Å². The van der Waals surface area contributed by atoms with E-state index in [1.807, 2.05) is 60.7 Å². The number of nitrogens with one attached hydrogen (secondary N) is 1. The molecular formula is C18H19NO3. The number of carboxylic acid groups (broad SMARTS) is 1. The molecule has 0 aliphatic rings. The fourth-order valence-corrected chi connectivity index (χ4v) is 2.42. The monoisotopic (exact) mass is 297 g/mol. The normalized spacial score (nSPS) is 13.3. The van der Waals surface area contributed by atoms with Gasteiger partial charge in [-0.25, -0.2) is 0 Å². The van der Waals surface area contributed by atoms with Crippen molar-refractivity contribution in [1.82, 2.24) is 5.32 Å². The molecule has 0 bridgehead atoms. The predicted molar refractivity (Wildman–Crippen MR) is 84.5 cm³/mol. The summed E-state index contributed by atoms with van der Waals surface area (Å²) in [6, 6.07) is 19.0. The third-order valence-corrected chi connectivity index (χ3v) is 3.54. The molecule has 0 spiro atoms. The van der Waals surface area contributed by atoms with Crippen LogP contribution in [-0.2, 0) is 22.6 Å². The zero-order valence-corrected chi connectivity index (χ0v) is 12.2. The van der Waals surface area contributed by atoms with Crippen LogP contribution in [-0.4, -0.2) is 22.9 Å². The van der Waals surface area contributed by atoms with Crippen LogP contribution in [0.4, 0.5) is 0 Å². The summed E-state index contributed by atoms with van der Waals surface area (Å²) < 4.78 is 0. The Balaban J connectivity index is 2.16. The molecule has 0 saturated heterocycles. The Morgan fingerprint density at radius 3 is 2.05 bits per heavy atom. The van der Waals surface area contributed by atoms with E-state index in [1.165, 1.54) is 0 Å². The summed E-state index contributed by atoms with van der Waals surface area (Å²) in [5.41, 5.74) is 0.826. The molecule has 0 heterocycles. The van der Waals surface area contributed by atoms with Gasteiger partial charge in [0, 0.05) is 6.54 Å². The molecule has 0 fully saturated rings. The van der Waals surface area contributed by atoms with E-state index in [1.54, 1.807) is 0 Å². The molecule has 2 rings (SSSR count). The molecule has 2 N–H and O–H groups in total. The fourth-order valence-electron chi connectivity index (χ4n) is 2.42. The molecule has 0 aliphatic heterocycles.